The molecule has 0 aromatic heterocycles. The van der Waals surface area contributed by atoms with E-state index in [2.05, 4.69) is 5.32 Å². The molecule has 0 aliphatic carbocycles. The molecule has 1 aromatic rings. The van der Waals surface area contributed by atoms with Crippen molar-refractivity contribution in [3.05, 3.63) is 23.5 Å². The third-order valence-electron chi connectivity index (χ3n) is 2.32. The fourth-order valence-electron chi connectivity index (χ4n) is 1.44. The Morgan fingerprint density at radius 2 is 2.33 bits per heavy atom. The van der Waals surface area contributed by atoms with E-state index in [0.29, 0.717) is 11.3 Å². The van der Waals surface area contributed by atoms with E-state index >= 15 is 0 Å². The van der Waals surface area contributed by atoms with Crippen LogP contribution in [0.4, 0.5) is 10.1 Å². The Kier molecular flexibility index (Phi) is 2.38. The Morgan fingerprint density at radius 1 is 1.60 bits per heavy atom. The van der Waals surface area contributed by atoms with Crippen molar-refractivity contribution < 1.29 is 13.9 Å². The van der Waals surface area contributed by atoms with Crippen LogP contribution in [-0.2, 0) is 11.1 Å². The Labute approximate surface area is 88.0 Å². The number of ether oxygens (including phenoxy) is 1. The highest BCUT2D eigenvalue weighted by molar-refractivity contribution is 6.08. The van der Waals surface area contributed by atoms with Crippen LogP contribution < -0.4 is 10.1 Å². The fourth-order valence-corrected chi connectivity index (χ4v) is 1.44. The van der Waals surface area contributed by atoms with E-state index in [9.17, 15) is 9.18 Å². The Bertz CT molecular complexity index is 422. The van der Waals surface area contributed by atoms with Crippen molar-refractivity contribution in [2.24, 2.45) is 0 Å². The van der Waals surface area contributed by atoms with Gasteiger partial charge in [-0.2, -0.15) is 0 Å². The summed E-state index contributed by atoms with van der Waals surface area (Å²) in [7, 11) is 5.35. The quantitative estimate of drug-likeness (QED) is 0.699. The third-order valence-corrected chi connectivity index (χ3v) is 2.32. The highest BCUT2D eigenvalue weighted by Gasteiger charge is 2.26. The fraction of sp³-hybridized carbons (Fsp3) is 0.300. The van der Waals surface area contributed by atoms with Crippen LogP contribution in [0.2, 0.25) is 0 Å². The lowest BCUT2D eigenvalue weighted by Gasteiger charge is -2.24. The summed E-state index contributed by atoms with van der Waals surface area (Å²) < 4.78 is 18.9. The molecular formula is C10H9BFNO2. The van der Waals surface area contributed by atoms with Gasteiger partial charge in [0.2, 0.25) is 0 Å². The summed E-state index contributed by atoms with van der Waals surface area (Å²) in [5, 5.41) is 2.46. The van der Waals surface area contributed by atoms with E-state index in [1.807, 2.05) is 0 Å². The number of rotatable bonds is 1. The van der Waals surface area contributed by atoms with Crippen molar-refractivity contribution in [2.45, 2.75) is 19.3 Å². The minimum absolute atomic E-state index is 0.0843. The van der Waals surface area contributed by atoms with E-state index in [0.717, 1.165) is 0 Å². The number of hydrogen-bond acceptors (Lipinski definition) is 2. The molecule has 1 N–H and O–H groups in total. The molecule has 1 heterocycles. The average Bonchev–Trinajstić information content (AvgIpc) is 2.22. The molecule has 2 radical (unpaired) electrons. The molecule has 1 unspecified atom stereocenters. The zero-order valence-electron chi connectivity index (χ0n) is 8.21. The maximum atomic E-state index is 13.7. The van der Waals surface area contributed by atoms with Crippen LogP contribution in [0.15, 0.2) is 12.1 Å². The Balaban J connectivity index is 2.49. The van der Waals surface area contributed by atoms with Gasteiger partial charge >= 0.3 is 0 Å². The highest BCUT2D eigenvalue weighted by atomic mass is 19.1. The van der Waals surface area contributed by atoms with Crippen molar-refractivity contribution >= 4 is 19.4 Å². The van der Waals surface area contributed by atoms with Crippen LogP contribution in [0.25, 0.3) is 0 Å². The molecule has 1 aliphatic rings. The lowest BCUT2D eigenvalue weighted by Crippen LogP contribution is -2.35. The van der Waals surface area contributed by atoms with Gasteiger partial charge in [0.1, 0.15) is 11.4 Å². The standard InChI is InChI=1S/C10H9BFNO2/c1-5-10(14)13-9-7(15-5)3-2-6(4-11)8(9)12/h2-3,5H,4H2,1H3,(H,13,14). The zero-order valence-corrected chi connectivity index (χ0v) is 8.21. The molecule has 15 heavy (non-hydrogen) atoms. The van der Waals surface area contributed by atoms with Crippen LogP contribution in [-0.4, -0.2) is 19.9 Å². The van der Waals surface area contributed by atoms with E-state index < -0.39 is 11.9 Å². The predicted octanol–water partition coefficient (Wildman–Crippen LogP) is 1.21. The van der Waals surface area contributed by atoms with Crippen molar-refractivity contribution in [1.82, 2.24) is 0 Å². The lowest BCUT2D eigenvalue weighted by molar-refractivity contribution is -0.122. The molecule has 76 valence electrons. The maximum absolute atomic E-state index is 13.7. The first-order chi connectivity index (χ1) is 7.13. The third kappa shape index (κ3) is 1.58. The van der Waals surface area contributed by atoms with Gasteiger partial charge in [-0.3, -0.25) is 4.79 Å². The molecule has 5 heteroatoms. The molecule has 0 bridgehead atoms. The summed E-state index contributed by atoms with van der Waals surface area (Å²) in [6.45, 7) is 1.60. The number of hydrogen-bond donors (Lipinski definition) is 1. The molecule has 3 nitrogen and oxygen atoms in total. The molecule has 1 aliphatic heterocycles. The smallest absolute Gasteiger partial charge is 0.265 e. The predicted molar refractivity (Wildman–Crippen MR) is 54.6 cm³/mol. The summed E-state index contributed by atoms with van der Waals surface area (Å²) in [5.74, 6) is -0.525. The van der Waals surface area contributed by atoms with Crippen molar-refractivity contribution in [3.8, 4) is 5.75 Å². The Morgan fingerprint density at radius 3 is 3.00 bits per heavy atom. The molecule has 0 spiro atoms. The number of carbonyl (C=O) groups is 1. The van der Waals surface area contributed by atoms with Crippen LogP contribution in [0.1, 0.15) is 12.5 Å². The molecule has 0 fully saturated rings. The monoisotopic (exact) mass is 205 g/mol. The maximum Gasteiger partial charge on any atom is 0.265 e. The number of fused-ring (bicyclic) bond motifs is 1. The Hall–Kier alpha value is -1.52. The van der Waals surface area contributed by atoms with Crippen molar-refractivity contribution in [1.29, 1.82) is 0 Å². The van der Waals surface area contributed by atoms with Gasteiger partial charge in [0.05, 0.1) is 7.85 Å². The minimum Gasteiger partial charge on any atom is -0.479 e. The van der Waals surface area contributed by atoms with E-state index in [1.54, 1.807) is 19.1 Å². The van der Waals surface area contributed by atoms with Crippen molar-refractivity contribution in [3.63, 3.8) is 0 Å². The van der Waals surface area contributed by atoms with E-state index in [4.69, 9.17) is 12.6 Å². The number of benzene rings is 1. The van der Waals surface area contributed by atoms with Gasteiger partial charge < -0.3 is 10.1 Å². The van der Waals surface area contributed by atoms with Gasteiger partial charge in [0.25, 0.3) is 5.91 Å². The van der Waals surface area contributed by atoms with Gasteiger partial charge in [-0.1, -0.05) is 12.4 Å². The van der Waals surface area contributed by atoms with Gasteiger partial charge in [0, 0.05) is 0 Å². The number of amides is 1. The normalized spacial score (nSPS) is 19.1. The number of anilines is 1. The van der Waals surface area contributed by atoms with Crippen LogP contribution in [0.5, 0.6) is 5.75 Å². The first kappa shape index (κ1) is 10.0. The van der Waals surface area contributed by atoms with Crippen LogP contribution in [0, 0.1) is 5.82 Å². The molecule has 1 atom stereocenters. The van der Waals surface area contributed by atoms with E-state index in [1.165, 1.54) is 0 Å². The van der Waals surface area contributed by atoms with Gasteiger partial charge in [-0.25, -0.2) is 4.39 Å². The first-order valence-electron chi connectivity index (χ1n) is 4.62. The highest BCUT2D eigenvalue weighted by Crippen LogP contribution is 2.33. The zero-order chi connectivity index (χ0) is 11.0. The molecule has 2 rings (SSSR count). The summed E-state index contributed by atoms with van der Waals surface area (Å²) in [5.41, 5.74) is 0.438. The average molecular weight is 205 g/mol. The summed E-state index contributed by atoms with van der Waals surface area (Å²) in [4.78, 5) is 11.3. The minimum atomic E-state index is -0.597. The molecule has 1 aromatic carbocycles. The lowest BCUT2D eigenvalue weighted by atomic mass is 9.95. The molecule has 0 saturated carbocycles. The topological polar surface area (TPSA) is 38.3 Å². The van der Waals surface area contributed by atoms with E-state index in [-0.39, 0.29) is 17.9 Å². The number of nitrogens with one attached hydrogen (secondary N) is 1. The molecule has 0 saturated heterocycles. The summed E-state index contributed by atoms with van der Waals surface area (Å²) in [6, 6.07) is 3.16. The van der Waals surface area contributed by atoms with Crippen LogP contribution >= 0.6 is 0 Å². The van der Waals surface area contributed by atoms with Gasteiger partial charge in [0.15, 0.2) is 11.9 Å². The van der Waals surface area contributed by atoms with Gasteiger partial charge in [-0.05, 0) is 18.6 Å². The first-order valence-corrected chi connectivity index (χ1v) is 4.62. The second kappa shape index (κ2) is 3.57. The SMILES string of the molecule is [B]Cc1ccc2c(c1F)NC(=O)C(C)O2. The second-order valence-electron chi connectivity index (χ2n) is 3.37. The molecular weight excluding hydrogens is 196 g/mol. The summed E-state index contributed by atoms with van der Waals surface area (Å²) in [6.07, 6.45) is -0.509. The molecule has 1 amide bonds. The summed E-state index contributed by atoms with van der Waals surface area (Å²) >= 11 is 0. The number of halogens is 1. The second-order valence-corrected chi connectivity index (χ2v) is 3.37. The van der Waals surface area contributed by atoms with Crippen molar-refractivity contribution in [2.75, 3.05) is 5.32 Å². The number of carbonyl (C=O) groups excluding carboxylic acids is 1. The van der Waals surface area contributed by atoms with Crippen LogP contribution in [0.3, 0.4) is 0 Å². The largest absolute Gasteiger partial charge is 0.479 e. The van der Waals surface area contributed by atoms with Gasteiger partial charge in [-0.15, -0.1) is 0 Å².